The number of hydrogen-bond acceptors (Lipinski definition) is 4. The van der Waals surface area contributed by atoms with Crippen molar-refractivity contribution >= 4 is 12.4 Å². The molecule has 80 valence electrons. The number of rotatable bonds is 4. The molecule has 0 heterocycles. The molecule has 0 saturated heterocycles. The molecule has 0 unspecified atom stereocenters. The summed E-state index contributed by atoms with van der Waals surface area (Å²) < 4.78 is 10.2. The molecule has 1 rings (SSSR count). The summed E-state index contributed by atoms with van der Waals surface area (Å²) in [6.45, 7) is 0.755. The van der Waals surface area contributed by atoms with Crippen LogP contribution in [0.2, 0.25) is 0 Å². The highest BCUT2D eigenvalue weighted by Crippen LogP contribution is 2.35. The number of benzene rings is 1. The van der Waals surface area contributed by atoms with Crippen LogP contribution in [0.4, 0.5) is 0 Å². The SMILES string of the molecule is COc1cccc(O)c1OCCN.Cl. The summed E-state index contributed by atoms with van der Waals surface area (Å²) in [5, 5.41) is 9.40. The smallest absolute Gasteiger partial charge is 0.203 e. The fourth-order valence-corrected chi connectivity index (χ4v) is 0.971. The summed E-state index contributed by atoms with van der Waals surface area (Å²) in [5.41, 5.74) is 5.27. The molecule has 3 N–H and O–H groups in total. The lowest BCUT2D eigenvalue weighted by molar-refractivity contribution is 0.286. The summed E-state index contributed by atoms with van der Waals surface area (Å²) in [4.78, 5) is 0. The van der Waals surface area contributed by atoms with Crippen LogP contribution >= 0.6 is 12.4 Å². The summed E-state index contributed by atoms with van der Waals surface area (Å²) in [7, 11) is 1.52. The molecule has 1 aromatic rings. The molecule has 0 aliphatic carbocycles. The number of phenolic OH excluding ortho intramolecular Hbond substituents is 1. The van der Waals surface area contributed by atoms with E-state index in [0.29, 0.717) is 24.7 Å². The Kier molecular flexibility index (Phi) is 5.83. The monoisotopic (exact) mass is 219 g/mol. The number of ether oxygens (including phenoxy) is 2. The van der Waals surface area contributed by atoms with Crippen LogP contribution in [0.1, 0.15) is 0 Å². The largest absolute Gasteiger partial charge is 0.504 e. The van der Waals surface area contributed by atoms with E-state index in [4.69, 9.17) is 15.2 Å². The van der Waals surface area contributed by atoms with Crippen molar-refractivity contribution in [3.05, 3.63) is 18.2 Å². The van der Waals surface area contributed by atoms with Gasteiger partial charge in [-0.2, -0.15) is 0 Å². The van der Waals surface area contributed by atoms with Crippen LogP contribution in [0, 0.1) is 0 Å². The lowest BCUT2D eigenvalue weighted by atomic mass is 10.3. The van der Waals surface area contributed by atoms with Crippen LogP contribution in [0.15, 0.2) is 18.2 Å². The molecular formula is C9H14ClNO3. The summed E-state index contributed by atoms with van der Waals surface area (Å²) >= 11 is 0. The highest BCUT2D eigenvalue weighted by atomic mass is 35.5. The maximum atomic E-state index is 9.40. The van der Waals surface area contributed by atoms with Crippen LogP contribution in [0.3, 0.4) is 0 Å². The minimum atomic E-state index is 0. The average Bonchev–Trinajstić information content (AvgIpc) is 2.15. The molecule has 4 nitrogen and oxygen atoms in total. The van der Waals surface area contributed by atoms with Gasteiger partial charge in [0.1, 0.15) is 6.61 Å². The number of aromatic hydroxyl groups is 1. The quantitative estimate of drug-likeness (QED) is 0.798. The van der Waals surface area contributed by atoms with Gasteiger partial charge in [-0.1, -0.05) is 6.07 Å². The summed E-state index contributed by atoms with van der Waals surface area (Å²) in [6, 6.07) is 4.93. The van der Waals surface area contributed by atoms with Crippen molar-refractivity contribution in [2.24, 2.45) is 5.73 Å². The van der Waals surface area contributed by atoms with Crippen LogP contribution in [-0.4, -0.2) is 25.4 Å². The Bertz CT molecular complexity index is 281. The van der Waals surface area contributed by atoms with Gasteiger partial charge in [0.05, 0.1) is 7.11 Å². The van der Waals surface area contributed by atoms with E-state index < -0.39 is 0 Å². The molecule has 0 aliphatic heterocycles. The minimum absolute atomic E-state index is 0. The maximum absolute atomic E-state index is 9.40. The van der Waals surface area contributed by atoms with E-state index in [9.17, 15) is 5.11 Å². The van der Waals surface area contributed by atoms with E-state index >= 15 is 0 Å². The molecule has 0 amide bonds. The van der Waals surface area contributed by atoms with Gasteiger partial charge in [-0.3, -0.25) is 0 Å². The lowest BCUT2D eigenvalue weighted by Crippen LogP contribution is -2.11. The number of methoxy groups -OCH3 is 1. The van der Waals surface area contributed by atoms with Gasteiger partial charge < -0.3 is 20.3 Å². The van der Waals surface area contributed by atoms with Crippen LogP contribution in [0.25, 0.3) is 0 Å². The molecule has 0 aliphatic rings. The van der Waals surface area contributed by atoms with E-state index in [0.717, 1.165) is 0 Å². The van der Waals surface area contributed by atoms with Crippen molar-refractivity contribution in [3.63, 3.8) is 0 Å². The summed E-state index contributed by atoms with van der Waals surface area (Å²) in [5.74, 6) is 0.914. The number of hydrogen-bond donors (Lipinski definition) is 2. The van der Waals surface area contributed by atoms with Crippen LogP contribution in [0.5, 0.6) is 17.2 Å². The third-order valence-electron chi connectivity index (χ3n) is 1.54. The zero-order chi connectivity index (χ0) is 9.68. The highest BCUT2D eigenvalue weighted by Gasteiger charge is 2.08. The number of phenols is 1. The van der Waals surface area contributed by atoms with Crippen molar-refractivity contribution in [1.29, 1.82) is 0 Å². The predicted octanol–water partition coefficient (Wildman–Crippen LogP) is 1.16. The van der Waals surface area contributed by atoms with Crippen molar-refractivity contribution in [3.8, 4) is 17.2 Å². The first-order valence-electron chi connectivity index (χ1n) is 3.98. The third kappa shape index (κ3) is 2.97. The van der Waals surface area contributed by atoms with Crippen LogP contribution < -0.4 is 15.2 Å². The second-order valence-electron chi connectivity index (χ2n) is 2.45. The molecule has 0 atom stereocenters. The second kappa shape index (κ2) is 6.34. The lowest BCUT2D eigenvalue weighted by Gasteiger charge is -2.10. The zero-order valence-corrected chi connectivity index (χ0v) is 8.71. The van der Waals surface area contributed by atoms with Crippen molar-refractivity contribution in [2.75, 3.05) is 20.3 Å². The molecule has 0 spiro atoms. The molecular weight excluding hydrogens is 206 g/mol. The first kappa shape index (κ1) is 12.9. The van der Waals surface area contributed by atoms with E-state index in [-0.39, 0.29) is 18.2 Å². The fourth-order valence-electron chi connectivity index (χ4n) is 0.971. The Morgan fingerprint density at radius 1 is 1.43 bits per heavy atom. The van der Waals surface area contributed by atoms with E-state index in [2.05, 4.69) is 0 Å². The Morgan fingerprint density at radius 3 is 2.71 bits per heavy atom. The number of nitrogens with two attached hydrogens (primary N) is 1. The average molecular weight is 220 g/mol. The molecule has 0 fully saturated rings. The Balaban J connectivity index is 0.00000169. The van der Waals surface area contributed by atoms with E-state index in [1.54, 1.807) is 12.1 Å². The normalized spacial score (nSPS) is 9.00. The molecule has 0 aromatic heterocycles. The Hall–Kier alpha value is -1.13. The highest BCUT2D eigenvalue weighted by molar-refractivity contribution is 5.85. The third-order valence-corrected chi connectivity index (χ3v) is 1.54. The molecule has 0 bridgehead atoms. The Morgan fingerprint density at radius 2 is 2.14 bits per heavy atom. The van der Waals surface area contributed by atoms with Gasteiger partial charge in [-0.15, -0.1) is 12.4 Å². The minimum Gasteiger partial charge on any atom is -0.504 e. The number of para-hydroxylation sites is 1. The first-order chi connectivity index (χ1) is 6.29. The molecule has 0 saturated carbocycles. The van der Waals surface area contributed by atoms with Crippen LogP contribution in [-0.2, 0) is 0 Å². The topological polar surface area (TPSA) is 64.7 Å². The summed E-state index contributed by atoms with van der Waals surface area (Å²) in [6.07, 6.45) is 0. The molecule has 14 heavy (non-hydrogen) atoms. The van der Waals surface area contributed by atoms with Gasteiger partial charge in [-0.25, -0.2) is 0 Å². The molecule has 1 aromatic carbocycles. The van der Waals surface area contributed by atoms with Gasteiger partial charge in [0.25, 0.3) is 0 Å². The predicted molar refractivity (Wildman–Crippen MR) is 56.5 cm³/mol. The van der Waals surface area contributed by atoms with Gasteiger partial charge >= 0.3 is 0 Å². The fraction of sp³-hybridized carbons (Fsp3) is 0.333. The van der Waals surface area contributed by atoms with Gasteiger partial charge in [0.2, 0.25) is 5.75 Å². The van der Waals surface area contributed by atoms with Gasteiger partial charge in [0.15, 0.2) is 11.5 Å². The van der Waals surface area contributed by atoms with Gasteiger partial charge in [0, 0.05) is 6.54 Å². The van der Waals surface area contributed by atoms with E-state index in [1.807, 2.05) is 0 Å². The number of halogens is 1. The van der Waals surface area contributed by atoms with E-state index in [1.165, 1.54) is 13.2 Å². The zero-order valence-electron chi connectivity index (χ0n) is 7.90. The van der Waals surface area contributed by atoms with Gasteiger partial charge in [-0.05, 0) is 12.1 Å². The standard InChI is InChI=1S/C9H13NO3.ClH/c1-12-8-4-2-3-7(11)9(8)13-6-5-10;/h2-4,11H,5-6,10H2,1H3;1H. The second-order valence-corrected chi connectivity index (χ2v) is 2.45. The van der Waals surface area contributed by atoms with Crippen molar-refractivity contribution in [1.82, 2.24) is 0 Å². The molecule has 5 heteroatoms. The Labute approximate surface area is 89.0 Å². The van der Waals surface area contributed by atoms with Crippen molar-refractivity contribution in [2.45, 2.75) is 0 Å². The first-order valence-corrected chi connectivity index (χ1v) is 3.98. The van der Waals surface area contributed by atoms with Crippen molar-refractivity contribution < 1.29 is 14.6 Å². The molecule has 0 radical (unpaired) electrons. The maximum Gasteiger partial charge on any atom is 0.203 e.